The van der Waals surface area contributed by atoms with Gasteiger partial charge in [-0.2, -0.15) is 0 Å². The molecule has 9 heteroatoms. The highest BCUT2D eigenvalue weighted by molar-refractivity contribution is 5.94. The summed E-state index contributed by atoms with van der Waals surface area (Å²) in [6.45, 7) is 13.4. The SMILES string of the molecule is CC(C)(C)OCC(O)CN1CCOC(CN(CCN2CCOCC2)C(=O)c2ccc(F)cc2)C1. The van der Waals surface area contributed by atoms with Crippen LogP contribution in [0, 0.1) is 5.82 Å². The van der Waals surface area contributed by atoms with Gasteiger partial charge in [0.25, 0.3) is 5.91 Å². The Kier molecular flexibility index (Phi) is 10.2. The second-order valence-electron chi connectivity index (χ2n) is 10.0. The molecule has 0 aromatic heterocycles. The van der Waals surface area contributed by atoms with E-state index in [0.29, 0.717) is 51.6 Å². The summed E-state index contributed by atoms with van der Waals surface area (Å²) in [6, 6.07) is 5.68. The summed E-state index contributed by atoms with van der Waals surface area (Å²) in [4.78, 5) is 19.5. The van der Waals surface area contributed by atoms with Gasteiger partial charge in [-0.15, -0.1) is 0 Å². The van der Waals surface area contributed by atoms with Gasteiger partial charge in [-0.3, -0.25) is 14.6 Å². The predicted octanol–water partition coefficient (Wildman–Crippen LogP) is 1.48. The van der Waals surface area contributed by atoms with Crippen molar-refractivity contribution in [2.45, 2.75) is 38.6 Å². The van der Waals surface area contributed by atoms with Crippen LogP contribution in [-0.4, -0.2) is 122 Å². The molecule has 0 aliphatic carbocycles. The molecule has 0 radical (unpaired) electrons. The number of aliphatic hydroxyl groups excluding tert-OH is 1. The highest BCUT2D eigenvalue weighted by Gasteiger charge is 2.27. The van der Waals surface area contributed by atoms with Crippen LogP contribution in [0.15, 0.2) is 24.3 Å². The molecule has 1 aromatic carbocycles. The van der Waals surface area contributed by atoms with Crippen LogP contribution in [0.1, 0.15) is 31.1 Å². The summed E-state index contributed by atoms with van der Waals surface area (Å²) in [6.07, 6.45) is -0.755. The van der Waals surface area contributed by atoms with Crippen LogP contribution in [0.25, 0.3) is 0 Å². The van der Waals surface area contributed by atoms with Crippen LogP contribution in [0.3, 0.4) is 0 Å². The lowest BCUT2D eigenvalue weighted by molar-refractivity contribution is -0.0783. The maximum absolute atomic E-state index is 13.4. The van der Waals surface area contributed by atoms with Gasteiger partial charge in [0.2, 0.25) is 0 Å². The molecule has 34 heavy (non-hydrogen) atoms. The number of morpholine rings is 2. The number of carbonyl (C=O) groups is 1. The van der Waals surface area contributed by atoms with E-state index >= 15 is 0 Å². The smallest absolute Gasteiger partial charge is 0.253 e. The van der Waals surface area contributed by atoms with Crippen molar-refractivity contribution in [3.63, 3.8) is 0 Å². The Bertz CT molecular complexity index is 752. The highest BCUT2D eigenvalue weighted by Crippen LogP contribution is 2.14. The third kappa shape index (κ3) is 9.20. The average Bonchev–Trinajstić information content (AvgIpc) is 2.81. The van der Waals surface area contributed by atoms with E-state index in [9.17, 15) is 14.3 Å². The Hall–Kier alpha value is -1.62. The fourth-order valence-corrected chi connectivity index (χ4v) is 4.14. The molecule has 192 valence electrons. The molecule has 1 amide bonds. The molecule has 2 saturated heterocycles. The van der Waals surface area contributed by atoms with Gasteiger partial charge in [-0.05, 0) is 45.0 Å². The Balaban J connectivity index is 1.58. The van der Waals surface area contributed by atoms with Crippen LogP contribution < -0.4 is 0 Å². The summed E-state index contributed by atoms with van der Waals surface area (Å²) in [5, 5.41) is 10.4. The number of benzene rings is 1. The molecule has 8 nitrogen and oxygen atoms in total. The van der Waals surface area contributed by atoms with E-state index < -0.39 is 6.10 Å². The molecular weight excluding hydrogens is 441 g/mol. The largest absolute Gasteiger partial charge is 0.389 e. The molecule has 0 bridgehead atoms. The van der Waals surface area contributed by atoms with Crippen molar-refractivity contribution in [3.05, 3.63) is 35.6 Å². The van der Waals surface area contributed by atoms with Crippen molar-refractivity contribution in [1.29, 1.82) is 0 Å². The summed E-state index contributed by atoms with van der Waals surface area (Å²) in [5.74, 6) is -0.496. The van der Waals surface area contributed by atoms with Crippen molar-refractivity contribution in [2.75, 3.05) is 78.8 Å². The number of amides is 1. The fraction of sp³-hybridized carbons (Fsp3) is 0.720. The normalized spacial score (nSPS) is 21.4. The number of nitrogens with zero attached hydrogens (tertiary/aromatic N) is 3. The summed E-state index contributed by atoms with van der Waals surface area (Å²) in [7, 11) is 0. The molecule has 1 N–H and O–H groups in total. The highest BCUT2D eigenvalue weighted by atomic mass is 19.1. The maximum Gasteiger partial charge on any atom is 0.253 e. The van der Waals surface area contributed by atoms with Gasteiger partial charge in [0.05, 0.1) is 44.2 Å². The quantitative estimate of drug-likeness (QED) is 0.543. The van der Waals surface area contributed by atoms with Gasteiger partial charge in [0, 0.05) is 57.9 Å². The molecule has 2 aliphatic rings. The van der Waals surface area contributed by atoms with Crippen molar-refractivity contribution >= 4 is 5.91 Å². The fourth-order valence-electron chi connectivity index (χ4n) is 4.14. The minimum atomic E-state index is -0.587. The van der Waals surface area contributed by atoms with Gasteiger partial charge in [0.1, 0.15) is 5.82 Å². The zero-order chi connectivity index (χ0) is 24.6. The molecule has 2 aliphatic heterocycles. The number of halogens is 1. The van der Waals surface area contributed by atoms with Crippen LogP contribution in [0.2, 0.25) is 0 Å². The molecule has 2 atom stereocenters. The lowest BCUT2D eigenvalue weighted by Crippen LogP contribution is -2.52. The van der Waals surface area contributed by atoms with E-state index in [2.05, 4.69) is 9.80 Å². The second kappa shape index (κ2) is 12.9. The van der Waals surface area contributed by atoms with E-state index in [1.54, 1.807) is 4.90 Å². The number of carbonyl (C=O) groups excluding carboxylic acids is 1. The Morgan fingerprint density at radius 3 is 2.53 bits per heavy atom. The van der Waals surface area contributed by atoms with Crippen LogP contribution in [-0.2, 0) is 14.2 Å². The molecule has 0 saturated carbocycles. The van der Waals surface area contributed by atoms with Crippen LogP contribution in [0.4, 0.5) is 4.39 Å². The van der Waals surface area contributed by atoms with Gasteiger partial charge in [0.15, 0.2) is 0 Å². The Morgan fingerprint density at radius 1 is 1.18 bits per heavy atom. The molecule has 3 rings (SSSR count). The van der Waals surface area contributed by atoms with E-state index in [1.807, 2.05) is 20.8 Å². The van der Waals surface area contributed by atoms with Gasteiger partial charge in [-0.25, -0.2) is 4.39 Å². The monoisotopic (exact) mass is 481 g/mol. The third-order valence-electron chi connectivity index (χ3n) is 5.99. The molecule has 2 unspecified atom stereocenters. The summed E-state index contributed by atoms with van der Waals surface area (Å²) < 4.78 is 30.5. The molecular formula is C25H40FN3O5. The Labute approximate surface area is 202 Å². The number of β-amino-alcohol motifs (C(OH)–C–C–N with tert-alkyl or cyclic N) is 1. The Morgan fingerprint density at radius 2 is 1.85 bits per heavy atom. The zero-order valence-corrected chi connectivity index (χ0v) is 20.7. The number of hydrogen-bond donors (Lipinski definition) is 1. The van der Waals surface area contributed by atoms with E-state index in [-0.39, 0.29) is 30.0 Å². The van der Waals surface area contributed by atoms with Crippen molar-refractivity contribution in [2.24, 2.45) is 0 Å². The predicted molar refractivity (Wildman–Crippen MR) is 127 cm³/mol. The van der Waals surface area contributed by atoms with Gasteiger partial charge >= 0.3 is 0 Å². The molecule has 1 aromatic rings. The first-order valence-corrected chi connectivity index (χ1v) is 12.2. The molecule has 2 heterocycles. The van der Waals surface area contributed by atoms with Crippen LogP contribution in [0.5, 0.6) is 0 Å². The van der Waals surface area contributed by atoms with E-state index in [4.69, 9.17) is 14.2 Å². The van der Waals surface area contributed by atoms with Crippen molar-refractivity contribution < 1.29 is 28.5 Å². The standard InChI is InChI=1S/C25H40FN3O5/c1-25(2,3)34-19-22(30)16-28-12-15-33-23(17-28)18-29(9-8-27-10-13-32-14-11-27)24(31)20-4-6-21(26)7-5-20/h4-7,22-23,30H,8-19H2,1-3H3. The minimum Gasteiger partial charge on any atom is -0.389 e. The number of hydrogen-bond acceptors (Lipinski definition) is 7. The number of ether oxygens (including phenoxy) is 3. The van der Waals surface area contributed by atoms with Crippen molar-refractivity contribution in [1.82, 2.24) is 14.7 Å². The van der Waals surface area contributed by atoms with Gasteiger partial charge < -0.3 is 24.2 Å². The average molecular weight is 482 g/mol. The number of aliphatic hydroxyl groups is 1. The lowest BCUT2D eigenvalue weighted by atomic mass is 10.1. The number of rotatable bonds is 10. The minimum absolute atomic E-state index is 0.132. The van der Waals surface area contributed by atoms with Gasteiger partial charge in [-0.1, -0.05) is 0 Å². The van der Waals surface area contributed by atoms with E-state index in [0.717, 1.165) is 26.2 Å². The van der Waals surface area contributed by atoms with E-state index in [1.165, 1.54) is 24.3 Å². The molecule has 0 spiro atoms. The van der Waals surface area contributed by atoms with Crippen molar-refractivity contribution in [3.8, 4) is 0 Å². The van der Waals surface area contributed by atoms with Crippen LogP contribution >= 0.6 is 0 Å². The first-order chi connectivity index (χ1) is 16.2. The zero-order valence-electron chi connectivity index (χ0n) is 20.7. The maximum atomic E-state index is 13.4. The summed E-state index contributed by atoms with van der Waals surface area (Å²) in [5.41, 5.74) is 0.168. The lowest BCUT2D eigenvalue weighted by Gasteiger charge is -2.37. The first-order valence-electron chi connectivity index (χ1n) is 12.2. The molecule has 2 fully saturated rings. The topological polar surface area (TPSA) is 74.7 Å². The third-order valence-corrected chi connectivity index (χ3v) is 5.99. The summed E-state index contributed by atoms with van der Waals surface area (Å²) >= 11 is 0. The second-order valence-corrected chi connectivity index (χ2v) is 10.0. The first kappa shape index (κ1) is 27.0.